The van der Waals surface area contributed by atoms with Crippen LogP contribution in [0, 0.1) is 24.1 Å². The number of rotatable bonds is 4. The molecule has 2 aromatic carbocycles. The molecule has 0 bridgehead atoms. The number of methoxy groups -OCH3 is 1. The van der Waals surface area contributed by atoms with Gasteiger partial charge >= 0.3 is 0 Å². The summed E-state index contributed by atoms with van der Waals surface area (Å²) in [4.78, 5) is 0. The zero-order valence-corrected chi connectivity index (χ0v) is 11.4. The molecule has 0 aliphatic rings. The van der Waals surface area contributed by atoms with Crippen molar-refractivity contribution in [3.63, 3.8) is 0 Å². The zero-order valence-electron chi connectivity index (χ0n) is 11.4. The minimum Gasteiger partial charge on any atom is -0.494 e. The second-order valence-electron chi connectivity index (χ2n) is 4.43. The zero-order chi connectivity index (χ0) is 14.5. The van der Waals surface area contributed by atoms with Crippen LogP contribution in [0.4, 0.5) is 10.1 Å². The van der Waals surface area contributed by atoms with Gasteiger partial charge in [-0.2, -0.15) is 5.26 Å². The Bertz CT molecular complexity index is 662. The molecule has 0 fully saturated rings. The highest BCUT2D eigenvalue weighted by atomic mass is 19.1. The molecule has 3 nitrogen and oxygen atoms in total. The average molecular weight is 270 g/mol. The highest BCUT2D eigenvalue weighted by Gasteiger charge is 2.06. The lowest BCUT2D eigenvalue weighted by molar-refractivity contribution is 0.386. The molecular formula is C16H15FN2O. The summed E-state index contributed by atoms with van der Waals surface area (Å²) >= 11 is 0. The molecule has 0 atom stereocenters. The Morgan fingerprint density at radius 3 is 2.75 bits per heavy atom. The van der Waals surface area contributed by atoms with Crippen molar-refractivity contribution < 1.29 is 9.13 Å². The van der Waals surface area contributed by atoms with Crippen LogP contribution in [0.3, 0.4) is 0 Å². The predicted octanol–water partition coefficient (Wildman–Crippen LogP) is 3.63. The van der Waals surface area contributed by atoms with Crippen LogP contribution in [0.15, 0.2) is 36.4 Å². The van der Waals surface area contributed by atoms with E-state index >= 15 is 0 Å². The standard InChI is InChI=1S/C16H15FN2O/c1-11-4-3-5-15(13(11)9-18)19-10-12-6-7-16(20-2)14(17)8-12/h3-8,19H,10H2,1-2H3. The van der Waals surface area contributed by atoms with Gasteiger partial charge in [0.05, 0.1) is 18.4 Å². The highest BCUT2D eigenvalue weighted by molar-refractivity contribution is 5.60. The summed E-state index contributed by atoms with van der Waals surface area (Å²) in [5, 5.41) is 12.3. The molecule has 0 heterocycles. The number of ether oxygens (including phenoxy) is 1. The quantitative estimate of drug-likeness (QED) is 0.922. The Morgan fingerprint density at radius 1 is 1.30 bits per heavy atom. The molecule has 0 amide bonds. The molecule has 0 spiro atoms. The monoisotopic (exact) mass is 270 g/mol. The van der Waals surface area contributed by atoms with E-state index in [1.165, 1.54) is 13.2 Å². The van der Waals surface area contributed by atoms with Crippen LogP contribution >= 0.6 is 0 Å². The van der Waals surface area contributed by atoms with Gasteiger partial charge in [0.2, 0.25) is 0 Å². The molecular weight excluding hydrogens is 255 g/mol. The third kappa shape index (κ3) is 2.89. The maximum Gasteiger partial charge on any atom is 0.165 e. The van der Waals surface area contributed by atoms with E-state index in [0.717, 1.165) is 16.8 Å². The summed E-state index contributed by atoms with van der Waals surface area (Å²) < 4.78 is 18.5. The number of halogens is 1. The Balaban J connectivity index is 2.15. The van der Waals surface area contributed by atoms with Crippen molar-refractivity contribution in [1.82, 2.24) is 0 Å². The van der Waals surface area contributed by atoms with E-state index in [4.69, 9.17) is 10.00 Å². The minimum absolute atomic E-state index is 0.224. The van der Waals surface area contributed by atoms with Crippen molar-refractivity contribution >= 4 is 5.69 Å². The van der Waals surface area contributed by atoms with E-state index in [-0.39, 0.29) is 5.75 Å². The summed E-state index contributed by atoms with van der Waals surface area (Å²) in [7, 11) is 1.43. The first kappa shape index (κ1) is 13.9. The Labute approximate surface area is 117 Å². The fourth-order valence-electron chi connectivity index (χ4n) is 1.98. The summed E-state index contributed by atoms with van der Waals surface area (Å²) in [6.07, 6.45) is 0. The fraction of sp³-hybridized carbons (Fsp3) is 0.188. The number of nitrogens with one attached hydrogen (secondary N) is 1. The first-order valence-electron chi connectivity index (χ1n) is 6.21. The lowest BCUT2D eigenvalue weighted by atomic mass is 10.1. The lowest BCUT2D eigenvalue weighted by Gasteiger charge is -2.10. The SMILES string of the molecule is COc1ccc(CNc2cccc(C)c2C#N)cc1F. The van der Waals surface area contributed by atoms with Gasteiger partial charge in [0.1, 0.15) is 6.07 Å². The van der Waals surface area contributed by atoms with Gasteiger partial charge in [0.25, 0.3) is 0 Å². The molecule has 0 saturated carbocycles. The highest BCUT2D eigenvalue weighted by Crippen LogP contribution is 2.21. The summed E-state index contributed by atoms with van der Waals surface area (Å²) in [6.45, 7) is 2.33. The van der Waals surface area contributed by atoms with Crippen LogP contribution in [-0.4, -0.2) is 7.11 Å². The predicted molar refractivity (Wildman–Crippen MR) is 76.2 cm³/mol. The third-order valence-corrected chi connectivity index (χ3v) is 3.08. The Kier molecular flexibility index (Phi) is 4.21. The van der Waals surface area contributed by atoms with E-state index in [0.29, 0.717) is 12.1 Å². The number of nitriles is 1. The normalized spacial score (nSPS) is 9.90. The van der Waals surface area contributed by atoms with Gasteiger partial charge in [-0.1, -0.05) is 18.2 Å². The van der Waals surface area contributed by atoms with E-state index in [1.807, 2.05) is 25.1 Å². The van der Waals surface area contributed by atoms with E-state index in [1.54, 1.807) is 12.1 Å². The number of hydrogen-bond donors (Lipinski definition) is 1. The summed E-state index contributed by atoms with van der Waals surface area (Å²) in [5.74, 6) is -0.168. The number of nitrogens with zero attached hydrogens (tertiary/aromatic N) is 1. The second-order valence-corrected chi connectivity index (χ2v) is 4.43. The van der Waals surface area contributed by atoms with Gasteiger partial charge in [-0.15, -0.1) is 0 Å². The second kappa shape index (κ2) is 6.07. The Morgan fingerprint density at radius 2 is 2.10 bits per heavy atom. The van der Waals surface area contributed by atoms with E-state index in [9.17, 15) is 4.39 Å². The molecule has 0 aliphatic heterocycles. The van der Waals surface area contributed by atoms with Gasteiger partial charge in [0, 0.05) is 6.54 Å². The molecule has 0 aromatic heterocycles. The topological polar surface area (TPSA) is 45.0 Å². The van der Waals surface area contributed by atoms with Gasteiger partial charge in [0.15, 0.2) is 11.6 Å². The van der Waals surface area contributed by atoms with Crippen molar-refractivity contribution in [2.45, 2.75) is 13.5 Å². The number of hydrogen-bond acceptors (Lipinski definition) is 3. The molecule has 2 rings (SSSR count). The van der Waals surface area contributed by atoms with Crippen LogP contribution in [0.1, 0.15) is 16.7 Å². The first-order chi connectivity index (χ1) is 9.65. The fourth-order valence-corrected chi connectivity index (χ4v) is 1.98. The van der Waals surface area contributed by atoms with Crippen LogP contribution < -0.4 is 10.1 Å². The largest absolute Gasteiger partial charge is 0.494 e. The van der Waals surface area contributed by atoms with E-state index < -0.39 is 5.82 Å². The molecule has 1 N–H and O–H groups in total. The number of anilines is 1. The van der Waals surface area contributed by atoms with Gasteiger partial charge in [-0.25, -0.2) is 4.39 Å². The van der Waals surface area contributed by atoms with Gasteiger partial charge in [-0.3, -0.25) is 0 Å². The molecule has 4 heteroatoms. The molecule has 20 heavy (non-hydrogen) atoms. The molecule has 0 saturated heterocycles. The first-order valence-corrected chi connectivity index (χ1v) is 6.21. The van der Waals surface area contributed by atoms with Gasteiger partial charge in [-0.05, 0) is 36.2 Å². The minimum atomic E-state index is -0.392. The molecule has 0 aliphatic carbocycles. The Hall–Kier alpha value is -2.54. The molecule has 0 radical (unpaired) electrons. The van der Waals surface area contributed by atoms with E-state index in [2.05, 4.69) is 11.4 Å². The summed E-state index contributed by atoms with van der Waals surface area (Å²) in [5.41, 5.74) is 3.07. The third-order valence-electron chi connectivity index (χ3n) is 3.08. The number of benzene rings is 2. The van der Waals surface area contributed by atoms with Crippen molar-refractivity contribution in [3.8, 4) is 11.8 Å². The van der Waals surface area contributed by atoms with Crippen molar-refractivity contribution in [3.05, 3.63) is 58.9 Å². The van der Waals surface area contributed by atoms with Crippen molar-refractivity contribution in [2.75, 3.05) is 12.4 Å². The van der Waals surface area contributed by atoms with Gasteiger partial charge < -0.3 is 10.1 Å². The van der Waals surface area contributed by atoms with Crippen LogP contribution in [0.5, 0.6) is 5.75 Å². The lowest BCUT2D eigenvalue weighted by Crippen LogP contribution is -2.03. The molecule has 102 valence electrons. The average Bonchev–Trinajstić information content (AvgIpc) is 2.45. The number of aryl methyl sites for hydroxylation is 1. The van der Waals surface area contributed by atoms with Crippen LogP contribution in [0.2, 0.25) is 0 Å². The maximum absolute atomic E-state index is 13.6. The molecule has 2 aromatic rings. The van der Waals surface area contributed by atoms with Crippen molar-refractivity contribution in [1.29, 1.82) is 5.26 Å². The molecule has 0 unspecified atom stereocenters. The smallest absolute Gasteiger partial charge is 0.165 e. The maximum atomic E-state index is 13.6. The summed E-state index contributed by atoms with van der Waals surface area (Å²) in [6, 6.07) is 12.6. The van der Waals surface area contributed by atoms with Crippen LogP contribution in [0.25, 0.3) is 0 Å². The van der Waals surface area contributed by atoms with Crippen LogP contribution in [-0.2, 0) is 6.54 Å². The van der Waals surface area contributed by atoms with Crippen molar-refractivity contribution in [2.24, 2.45) is 0 Å².